The van der Waals surface area contributed by atoms with Crippen LogP contribution in [0, 0.1) is 13.8 Å². The van der Waals surface area contributed by atoms with Crippen LogP contribution in [0.2, 0.25) is 0 Å². The van der Waals surface area contributed by atoms with E-state index in [0.717, 1.165) is 11.3 Å². The van der Waals surface area contributed by atoms with Gasteiger partial charge in [-0.1, -0.05) is 35.5 Å². The van der Waals surface area contributed by atoms with Crippen LogP contribution in [0.3, 0.4) is 0 Å². The summed E-state index contributed by atoms with van der Waals surface area (Å²) in [5.41, 5.74) is 1.97. The average Bonchev–Trinajstić information content (AvgIpc) is 3.07. The van der Waals surface area contributed by atoms with E-state index in [4.69, 9.17) is 9.26 Å². The molecule has 0 fully saturated rings. The van der Waals surface area contributed by atoms with Crippen molar-refractivity contribution in [2.24, 2.45) is 0 Å². The van der Waals surface area contributed by atoms with Crippen LogP contribution >= 0.6 is 0 Å². The van der Waals surface area contributed by atoms with Gasteiger partial charge in [-0.2, -0.15) is 0 Å². The molecule has 8 heteroatoms. The molecule has 0 saturated carbocycles. The third kappa shape index (κ3) is 5.27. The highest BCUT2D eigenvalue weighted by Crippen LogP contribution is 2.21. The van der Waals surface area contributed by atoms with Crippen molar-refractivity contribution < 1.29 is 22.5 Å². The van der Waals surface area contributed by atoms with Crippen molar-refractivity contribution in [3.63, 3.8) is 0 Å². The van der Waals surface area contributed by atoms with Gasteiger partial charge in [0.1, 0.15) is 18.1 Å². The molecule has 0 aliphatic heterocycles. The number of aromatic nitrogens is 1. The second kappa shape index (κ2) is 9.58. The number of nitrogens with zero attached hydrogens (tertiary/aromatic N) is 1. The summed E-state index contributed by atoms with van der Waals surface area (Å²) in [4.78, 5) is 12.9. The molecule has 0 bridgehead atoms. The molecule has 0 atom stereocenters. The van der Waals surface area contributed by atoms with Gasteiger partial charge in [0.25, 0.3) is 5.91 Å². The number of aryl methyl sites for hydroxylation is 2. The molecule has 0 spiro atoms. The number of ether oxygens (including phenoxy) is 1. The Hall–Kier alpha value is -3.13. The summed E-state index contributed by atoms with van der Waals surface area (Å²) in [7, 11) is -3.36. The molecular weight excluding hydrogens is 404 g/mol. The molecule has 0 radical (unpaired) electrons. The molecular formula is C22H24N2O5S. The first-order valence-electron chi connectivity index (χ1n) is 9.58. The number of hydrogen-bond acceptors (Lipinski definition) is 6. The number of hydrogen-bond donors (Lipinski definition) is 1. The molecule has 1 heterocycles. The fourth-order valence-electron chi connectivity index (χ4n) is 2.94. The Bertz CT molecular complexity index is 1090. The summed E-state index contributed by atoms with van der Waals surface area (Å²) < 4.78 is 35.6. The zero-order valence-electron chi connectivity index (χ0n) is 16.9. The molecule has 0 aliphatic carbocycles. The Morgan fingerprint density at radius 1 is 1.07 bits per heavy atom. The van der Waals surface area contributed by atoms with E-state index < -0.39 is 9.84 Å². The minimum Gasteiger partial charge on any atom is -0.488 e. The lowest BCUT2D eigenvalue weighted by Gasteiger charge is -2.12. The van der Waals surface area contributed by atoms with Crippen LogP contribution in [0.4, 0.5) is 0 Å². The fourth-order valence-corrected chi connectivity index (χ4v) is 4.27. The molecule has 0 saturated heterocycles. The number of carbonyl (C=O) groups is 1. The average molecular weight is 429 g/mol. The lowest BCUT2D eigenvalue weighted by atomic mass is 10.2. The SMILES string of the molecule is Cc1noc(C)c1COc1ccccc1C(=O)NCCCS(=O)(=O)c1ccccc1. The van der Waals surface area contributed by atoms with E-state index in [1.165, 1.54) is 0 Å². The molecule has 2 aromatic carbocycles. The van der Waals surface area contributed by atoms with Gasteiger partial charge in [-0.25, -0.2) is 8.42 Å². The van der Waals surface area contributed by atoms with Gasteiger partial charge in [0.2, 0.25) is 0 Å². The quantitative estimate of drug-likeness (QED) is 0.524. The highest BCUT2D eigenvalue weighted by Gasteiger charge is 2.16. The van der Waals surface area contributed by atoms with Gasteiger partial charge in [-0.15, -0.1) is 0 Å². The van der Waals surface area contributed by atoms with E-state index in [1.54, 1.807) is 61.5 Å². The monoisotopic (exact) mass is 428 g/mol. The minimum atomic E-state index is -3.36. The molecule has 3 aromatic rings. The standard InChI is InChI=1S/C22H24N2O5S/c1-16-20(17(2)29-24-16)15-28-21-12-7-6-11-19(21)22(25)23-13-8-14-30(26,27)18-9-4-3-5-10-18/h3-7,9-12H,8,13-15H2,1-2H3,(H,23,25). The summed E-state index contributed by atoms with van der Waals surface area (Å²) in [6, 6.07) is 15.2. The van der Waals surface area contributed by atoms with Gasteiger partial charge in [0.15, 0.2) is 9.84 Å². The molecule has 0 aliphatic rings. The van der Waals surface area contributed by atoms with E-state index >= 15 is 0 Å². The highest BCUT2D eigenvalue weighted by molar-refractivity contribution is 7.91. The van der Waals surface area contributed by atoms with Gasteiger partial charge < -0.3 is 14.6 Å². The summed E-state index contributed by atoms with van der Waals surface area (Å²) >= 11 is 0. The van der Waals surface area contributed by atoms with Gasteiger partial charge in [-0.05, 0) is 44.5 Å². The maximum atomic E-state index is 12.6. The third-order valence-corrected chi connectivity index (χ3v) is 6.48. The van der Waals surface area contributed by atoms with Crippen molar-refractivity contribution in [3.05, 3.63) is 77.2 Å². The zero-order chi connectivity index (χ0) is 21.6. The van der Waals surface area contributed by atoms with Crippen molar-refractivity contribution in [1.29, 1.82) is 0 Å². The molecule has 1 aromatic heterocycles. The topological polar surface area (TPSA) is 98.5 Å². The van der Waals surface area contributed by atoms with Crippen LogP contribution in [0.15, 0.2) is 64.0 Å². The summed E-state index contributed by atoms with van der Waals surface area (Å²) in [5.74, 6) is 0.754. The van der Waals surface area contributed by atoms with Crippen molar-refractivity contribution >= 4 is 15.7 Å². The first-order chi connectivity index (χ1) is 14.4. The van der Waals surface area contributed by atoms with Gasteiger partial charge in [0.05, 0.1) is 27.5 Å². The lowest BCUT2D eigenvalue weighted by Crippen LogP contribution is -2.26. The van der Waals surface area contributed by atoms with E-state index in [1.807, 2.05) is 6.92 Å². The van der Waals surface area contributed by atoms with Crippen LogP contribution < -0.4 is 10.1 Å². The van der Waals surface area contributed by atoms with Crippen molar-refractivity contribution in [2.75, 3.05) is 12.3 Å². The van der Waals surface area contributed by atoms with Crippen molar-refractivity contribution in [2.45, 2.75) is 31.8 Å². The van der Waals surface area contributed by atoms with Crippen LogP contribution in [-0.4, -0.2) is 31.8 Å². The number of rotatable bonds is 9. The molecule has 30 heavy (non-hydrogen) atoms. The van der Waals surface area contributed by atoms with Crippen LogP contribution in [0.5, 0.6) is 5.75 Å². The molecule has 3 rings (SSSR count). The first-order valence-corrected chi connectivity index (χ1v) is 11.2. The largest absolute Gasteiger partial charge is 0.488 e. The molecule has 0 unspecified atom stereocenters. The lowest BCUT2D eigenvalue weighted by molar-refractivity contribution is 0.0949. The second-order valence-electron chi connectivity index (χ2n) is 6.83. The number of amides is 1. The van der Waals surface area contributed by atoms with Gasteiger partial charge in [-0.3, -0.25) is 4.79 Å². The van der Waals surface area contributed by atoms with Crippen LogP contribution in [0.1, 0.15) is 33.8 Å². The number of benzene rings is 2. The van der Waals surface area contributed by atoms with Crippen molar-refractivity contribution in [1.82, 2.24) is 10.5 Å². The maximum absolute atomic E-state index is 12.6. The van der Waals surface area contributed by atoms with Gasteiger partial charge in [0, 0.05) is 6.54 Å². The summed E-state index contributed by atoms with van der Waals surface area (Å²) in [6.45, 7) is 4.11. The predicted octanol–water partition coefficient (Wildman–Crippen LogP) is 3.46. The van der Waals surface area contributed by atoms with E-state index in [0.29, 0.717) is 23.5 Å². The van der Waals surface area contributed by atoms with Crippen LogP contribution in [-0.2, 0) is 16.4 Å². The number of sulfone groups is 1. The molecule has 1 amide bonds. The first kappa shape index (κ1) is 21.6. The highest BCUT2D eigenvalue weighted by atomic mass is 32.2. The molecule has 158 valence electrons. The van der Waals surface area contributed by atoms with E-state index in [2.05, 4.69) is 10.5 Å². The second-order valence-corrected chi connectivity index (χ2v) is 8.94. The Balaban J connectivity index is 1.56. The smallest absolute Gasteiger partial charge is 0.255 e. The number of nitrogens with one attached hydrogen (secondary N) is 1. The Morgan fingerprint density at radius 3 is 2.47 bits per heavy atom. The maximum Gasteiger partial charge on any atom is 0.255 e. The minimum absolute atomic E-state index is 0.0402. The van der Waals surface area contributed by atoms with Gasteiger partial charge >= 0.3 is 0 Å². The van der Waals surface area contributed by atoms with Crippen molar-refractivity contribution in [3.8, 4) is 5.75 Å². The Kier molecular flexibility index (Phi) is 6.89. The summed E-state index contributed by atoms with van der Waals surface area (Å²) in [6.07, 6.45) is 0.311. The molecule has 7 nitrogen and oxygen atoms in total. The zero-order valence-corrected chi connectivity index (χ0v) is 17.7. The Morgan fingerprint density at radius 2 is 1.77 bits per heavy atom. The summed E-state index contributed by atoms with van der Waals surface area (Å²) in [5, 5.41) is 6.66. The normalized spacial score (nSPS) is 11.3. The van der Waals surface area contributed by atoms with E-state index in [-0.39, 0.29) is 29.7 Å². The predicted molar refractivity (Wildman–Crippen MR) is 112 cm³/mol. The van der Waals surface area contributed by atoms with Crippen LogP contribution in [0.25, 0.3) is 0 Å². The third-order valence-electron chi connectivity index (χ3n) is 4.66. The number of para-hydroxylation sites is 1. The fraction of sp³-hybridized carbons (Fsp3) is 0.273. The Labute approximate surface area is 176 Å². The number of carbonyl (C=O) groups excluding carboxylic acids is 1. The van der Waals surface area contributed by atoms with E-state index in [9.17, 15) is 13.2 Å². The molecule has 1 N–H and O–H groups in total.